The van der Waals surface area contributed by atoms with Gasteiger partial charge in [-0.2, -0.15) is 0 Å². The third kappa shape index (κ3) is 8.12. The Morgan fingerprint density at radius 2 is 1.85 bits per heavy atom. The zero-order valence-corrected chi connectivity index (χ0v) is 21.7. The molecule has 0 aromatic heterocycles. The second-order valence-electron chi connectivity index (χ2n) is 10.4. The van der Waals surface area contributed by atoms with Crippen LogP contribution in [-0.2, 0) is 25.6 Å². The van der Waals surface area contributed by atoms with Gasteiger partial charge in [0.05, 0.1) is 6.61 Å². The van der Waals surface area contributed by atoms with Crippen molar-refractivity contribution >= 4 is 18.3 Å². The minimum atomic E-state index is -0.596. The maximum absolute atomic E-state index is 13.4. The van der Waals surface area contributed by atoms with E-state index in [2.05, 4.69) is 36.2 Å². The average Bonchev–Trinajstić information content (AvgIpc) is 3.12. The molecule has 0 aliphatic carbocycles. The summed E-state index contributed by atoms with van der Waals surface area (Å²) in [6.07, 6.45) is 4.38. The van der Waals surface area contributed by atoms with Gasteiger partial charge in [0.2, 0.25) is 5.91 Å². The first-order valence-electron chi connectivity index (χ1n) is 12.5. The van der Waals surface area contributed by atoms with Crippen LogP contribution < -0.4 is 5.32 Å². The first-order valence-corrected chi connectivity index (χ1v) is 12.5. The molecule has 0 radical (unpaired) electrons. The number of amides is 1. The molecule has 2 N–H and O–H groups in total. The molecule has 1 aromatic rings. The third-order valence-electron chi connectivity index (χ3n) is 6.62. The maximum Gasteiger partial charge on any atom is 0.323 e. The highest BCUT2D eigenvalue weighted by Crippen LogP contribution is 2.37. The number of carbonyl (C=O) groups excluding carboxylic acids is 2. The van der Waals surface area contributed by atoms with Crippen LogP contribution in [0, 0.1) is 17.2 Å². The highest BCUT2D eigenvalue weighted by atomic mass is 16.6. The van der Waals surface area contributed by atoms with Crippen molar-refractivity contribution in [3.05, 3.63) is 35.9 Å². The molecule has 1 unspecified atom stereocenters. The molecule has 190 valence electrons. The predicted octanol–water partition coefficient (Wildman–Crippen LogP) is 4.54. The van der Waals surface area contributed by atoms with Crippen molar-refractivity contribution in [2.45, 2.75) is 97.5 Å². The SMILES string of the molecule is CCC(CC)C[C@H](NC(C)=O)[C@H]1[C@H](COC=N)CC(C(=O)OC(C)(C)C)N1Cc1ccccc1. The van der Waals surface area contributed by atoms with E-state index in [9.17, 15) is 9.59 Å². The van der Waals surface area contributed by atoms with E-state index in [1.165, 1.54) is 0 Å². The van der Waals surface area contributed by atoms with Gasteiger partial charge in [-0.15, -0.1) is 0 Å². The predicted molar refractivity (Wildman–Crippen MR) is 135 cm³/mol. The van der Waals surface area contributed by atoms with Gasteiger partial charge >= 0.3 is 5.97 Å². The van der Waals surface area contributed by atoms with Gasteiger partial charge in [-0.05, 0) is 45.1 Å². The van der Waals surface area contributed by atoms with Crippen LogP contribution in [0.4, 0.5) is 0 Å². The normalized spacial score (nSPS) is 21.8. The van der Waals surface area contributed by atoms with Gasteiger partial charge in [0, 0.05) is 31.5 Å². The number of hydrogen-bond acceptors (Lipinski definition) is 6. The van der Waals surface area contributed by atoms with Crippen LogP contribution in [0.2, 0.25) is 0 Å². The molecule has 1 heterocycles. The van der Waals surface area contributed by atoms with Gasteiger partial charge in [-0.1, -0.05) is 57.0 Å². The van der Waals surface area contributed by atoms with Gasteiger partial charge in [0.25, 0.3) is 0 Å². The molecule has 1 aromatic carbocycles. The number of esters is 1. The quantitative estimate of drug-likeness (QED) is 0.264. The van der Waals surface area contributed by atoms with Crippen molar-refractivity contribution in [2.75, 3.05) is 6.61 Å². The highest BCUT2D eigenvalue weighted by molar-refractivity contribution is 5.77. The topological polar surface area (TPSA) is 91.7 Å². The van der Waals surface area contributed by atoms with Gasteiger partial charge < -0.3 is 14.8 Å². The number of hydrogen-bond donors (Lipinski definition) is 2. The molecule has 7 heteroatoms. The fourth-order valence-corrected chi connectivity index (χ4v) is 5.08. The fourth-order valence-electron chi connectivity index (χ4n) is 5.08. The van der Waals surface area contributed by atoms with Crippen LogP contribution in [0.5, 0.6) is 0 Å². The van der Waals surface area contributed by atoms with E-state index in [4.69, 9.17) is 14.9 Å². The molecule has 4 atom stereocenters. The van der Waals surface area contributed by atoms with E-state index in [0.29, 0.717) is 25.5 Å². The number of likely N-dealkylation sites (tertiary alicyclic amines) is 1. The molecule has 1 aliphatic rings. The van der Waals surface area contributed by atoms with Crippen LogP contribution in [0.25, 0.3) is 0 Å². The van der Waals surface area contributed by atoms with Crippen molar-refractivity contribution in [2.24, 2.45) is 11.8 Å². The summed E-state index contributed by atoms with van der Waals surface area (Å²) < 4.78 is 11.3. The molecule has 7 nitrogen and oxygen atoms in total. The number of nitrogens with zero attached hydrogens (tertiary/aromatic N) is 1. The Morgan fingerprint density at radius 1 is 1.21 bits per heavy atom. The number of rotatable bonds is 12. The Kier molecular flexibility index (Phi) is 10.5. The molecular formula is C27H43N3O4. The third-order valence-corrected chi connectivity index (χ3v) is 6.62. The summed E-state index contributed by atoms with van der Waals surface area (Å²) in [6.45, 7) is 12.4. The monoisotopic (exact) mass is 473 g/mol. The van der Waals surface area contributed by atoms with E-state index in [0.717, 1.165) is 31.2 Å². The molecule has 0 bridgehead atoms. The van der Waals surface area contributed by atoms with Gasteiger partial charge in [-0.3, -0.25) is 19.9 Å². The van der Waals surface area contributed by atoms with E-state index in [-0.39, 0.29) is 29.9 Å². The molecule has 2 rings (SSSR count). The smallest absolute Gasteiger partial charge is 0.323 e. The molecule has 0 saturated carbocycles. The number of carbonyl (C=O) groups is 2. The summed E-state index contributed by atoms with van der Waals surface area (Å²) >= 11 is 0. The van der Waals surface area contributed by atoms with Crippen molar-refractivity contribution in [3.63, 3.8) is 0 Å². The van der Waals surface area contributed by atoms with Crippen LogP contribution in [-0.4, -0.2) is 53.5 Å². The van der Waals surface area contributed by atoms with Crippen LogP contribution in [0.3, 0.4) is 0 Å². The second-order valence-corrected chi connectivity index (χ2v) is 10.4. The van der Waals surface area contributed by atoms with Gasteiger partial charge in [0.1, 0.15) is 11.6 Å². The molecule has 1 saturated heterocycles. The Labute approximate surface area is 205 Å². The summed E-state index contributed by atoms with van der Waals surface area (Å²) in [5, 5.41) is 10.6. The van der Waals surface area contributed by atoms with E-state index in [1.807, 2.05) is 39.0 Å². The minimum absolute atomic E-state index is 0.0333. The van der Waals surface area contributed by atoms with E-state index in [1.54, 1.807) is 6.92 Å². The van der Waals surface area contributed by atoms with Gasteiger partial charge in [0.15, 0.2) is 6.40 Å². The number of ether oxygens (including phenoxy) is 2. The highest BCUT2D eigenvalue weighted by Gasteiger charge is 2.49. The van der Waals surface area contributed by atoms with Crippen LogP contribution >= 0.6 is 0 Å². The Balaban J connectivity index is 2.50. The fraction of sp³-hybridized carbons (Fsp3) is 0.667. The first kappa shape index (κ1) is 27.8. The van der Waals surface area contributed by atoms with Crippen LogP contribution in [0.1, 0.15) is 72.8 Å². The molecule has 1 fully saturated rings. The lowest BCUT2D eigenvalue weighted by atomic mass is 9.86. The molecule has 0 spiro atoms. The van der Waals surface area contributed by atoms with E-state index < -0.39 is 11.6 Å². The van der Waals surface area contributed by atoms with Crippen LogP contribution in [0.15, 0.2) is 30.3 Å². The first-order chi connectivity index (χ1) is 16.1. The molecule has 34 heavy (non-hydrogen) atoms. The number of nitrogens with one attached hydrogen (secondary N) is 2. The summed E-state index contributed by atoms with van der Waals surface area (Å²) in [7, 11) is 0. The van der Waals surface area contributed by atoms with E-state index >= 15 is 0 Å². The lowest BCUT2D eigenvalue weighted by molar-refractivity contribution is -0.161. The molecular weight excluding hydrogens is 430 g/mol. The standard InChI is InChI=1S/C27H43N3O4/c1-7-20(8-2)14-23(29-19(3)31)25-22(17-33-18-28)15-24(26(32)34-27(4,5)6)30(25)16-21-12-10-9-11-13-21/h9-13,18,20,22-25,28H,7-8,14-17H2,1-6H3,(H,29,31)/t22-,23-,24?,25+/m0/s1. The Morgan fingerprint density at radius 3 is 2.38 bits per heavy atom. The van der Waals surface area contributed by atoms with Crippen molar-refractivity contribution in [1.29, 1.82) is 5.41 Å². The molecule has 1 aliphatic heterocycles. The Hall–Kier alpha value is -2.41. The average molecular weight is 474 g/mol. The second kappa shape index (κ2) is 12.9. The number of benzene rings is 1. The zero-order chi connectivity index (χ0) is 25.3. The zero-order valence-electron chi connectivity index (χ0n) is 21.7. The van der Waals surface area contributed by atoms with Crippen molar-refractivity contribution in [3.8, 4) is 0 Å². The largest absolute Gasteiger partial charge is 0.483 e. The van der Waals surface area contributed by atoms with Gasteiger partial charge in [-0.25, -0.2) is 0 Å². The van der Waals surface area contributed by atoms with Crippen molar-refractivity contribution in [1.82, 2.24) is 10.2 Å². The summed E-state index contributed by atoms with van der Waals surface area (Å²) in [4.78, 5) is 27.8. The maximum atomic E-state index is 13.4. The lowest BCUT2D eigenvalue weighted by Gasteiger charge is -2.38. The summed E-state index contributed by atoms with van der Waals surface area (Å²) in [5.41, 5.74) is 0.500. The minimum Gasteiger partial charge on any atom is -0.483 e. The van der Waals surface area contributed by atoms with Crippen molar-refractivity contribution < 1.29 is 19.1 Å². The Bertz CT molecular complexity index is 789. The summed E-state index contributed by atoms with van der Waals surface area (Å²) in [5.74, 6) is 0.0901. The molecule has 1 amide bonds. The summed E-state index contributed by atoms with van der Waals surface area (Å²) in [6, 6.07) is 9.35. The lowest BCUT2D eigenvalue weighted by Crippen LogP contribution is -2.54.